The van der Waals surface area contributed by atoms with Crippen LogP contribution < -0.4 is 10.2 Å². The van der Waals surface area contributed by atoms with Crippen LogP contribution in [0.15, 0.2) is 41.6 Å². The van der Waals surface area contributed by atoms with Gasteiger partial charge < -0.3 is 14.8 Å². The number of hydrazone groups is 1. The van der Waals surface area contributed by atoms with Crippen molar-refractivity contribution in [2.24, 2.45) is 5.10 Å². The zero-order chi connectivity index (χ0) is 14.5. The lowest BCUT2D eigenvalue weighted by Gasteiger charge is -2.06. The molecular formula is C14H15N3O3. The summed E-state index contributed by atoms with van der Waals surface area (Å²) in [6.45, 7) is 1.69. The van der Waals surface area contributed by atoms with Crippen molar-refractivity contribution in [3.63, 3.8) is 0 Å². The molecule has 1 amide bonds. The first kappa shape index (κ1) is 13.7. The number of phenolic OH excluding ortho intramolecular Hbond substituents is 1. The van der Waals surface area contributed by atoms with Gasteiger partial charge in [0.05, 0.1) is 12.8 Å². The van der Waals surface area contributed by atoms with Crippen LogP contribution >= 0.6 is 0 Å². The lowest BCUT2D eigenvalue weighted by molar-refractivity contribution is 0.0950. The summed E-state index contributed by atoms with van der Waals surface area (Å²) in [4.78, 5) is 14.5. The van der Waals surface area contributed by atoms with E-state index in [9.17, 15) is 9.90 Å². The van der Waals surface area contributed by atoms with Gasteiger partial charge in [0.2, 0.25) is 0 Å². The molecule has 1 heterocycles. The van der Waals surface area contributed by atoms with Gasteiger partial charge in [-0.15, -0.1) is 0 Å². The summed E-state index contributed by atoms with van der Waals surface area (Å²) in [5, 5.41) is 13.8. The molecule has 0 bridgehead atoms. The SMILES string of the molecule is COc1ccc(/C(C)=N/NC(=O)c2ccc[nH]2)c(O)c1. The molecule has 0 aliphatic rings. The Morgan fingerprint density at radius 3 is 2.80 bits per heavy atom. The predicted octanol–water partition coefficient (Wildman–Crippen LogP) is 1.88. The minimum Gasteiger partial charge on any atom is -0.507 e. The maximum Gasteiger partial charge on any atom is 0.287 e. The van der Waals surface area contributed by atoms with E-state index in [1.807, 2.05) is 0 Å². The Labute approximate surface area is 116 Å². The fraction of sp³-hybridized carbons (Fsp3) is 0.143. The maximum absolute atomic E-state index is 11.7. The van der Waals surface area contributed by atoms with Crippen LogP contribution in [0.4, 0.5) is 0 Å². The predicted molar refractivity (Wildman–Crippen MR) is 75.1 cm³/mol. The average molecular weight is 273 g/mol. The third-order valence-electron chi connectivity index (χ3n) is 2.76. The number of phenols is 1. The van der Waals surface area contributed by atoms with Crippen molar-refractivity contribution in [1.29, 1.82) is 0 Å². The number of amides is 1. The Morgan fingerprint density at radius 2 is 2.20 bits per heavy atom. The molecule has 0 saturated heterocycles. The van der Waals surface area contributed by atoms with Crippen LogP contribution in [0.1, 0.15) is 23.0 Å². The van der Waals surface area contributed by atoms with Crippen molar-refractivity contribution in [2.75, 3.05) is 7.11 Å². The number of benzene rings is 1. The molecule has 2 aromatic rings. The molecule has 6 nitrogen and oxygen atoms in total. The van der Waals surface area contributed by atoms with Crippen molar-refractivity contribution >= 4 is 11.6 Å². The van der Waals surface area contributed by atoms with E-state index in [1.165, 1.54) is 13.2 Å². The number of aromatic amines is 1. The highest BCUT2D eigenvalue weighted by Crippen LogP contribution is 2.23. The fourth-order valence-corrected chi connectivity index (χ4v) is 1.67. The number of H-pyrrole nitrogens is 1. The van der Waals surface area contributed by atoms with Crippen molar-refractivity contribution in [2.45, 2.75) is 6.92 Å². The topological polar surface area (TPSA) is 86.7 Å². The number of aromatic hydroxyl groups is 1. The van der Waals surface area contributed by atoms with Gasteiger partial charge in [-0.25, -0.2) is 5.43 Å². The Bertz CT molecular complexity index is 633. The number of carbonyl (C=O) groups excluding carboxylic acids is 1. The summed E-state index contributed by atoms with van der Waals surface area (Å²) in [5.74, 6) is 0.247. The first-order valence-corrected chi connectivity index (χ1v) is 5.97. The zero-order valence-corrected chi connectivity index (χ0v) is 11.2. The van der Waals surface area contributed by atoms with E-state index < -0.39 is 0 Å². The van der Waals surface area contributed by atoms with Crippen LogP contribution in [0.25, 0.3) is 0 Å². The summed E-state index contributed by atoms with van der Waals surface area (Å²) in [7, 11) is 1.52. The lowest BCUT2D eigenvalue weighted by Crippen LogP contribution is -2.19. The molecule has 0 spiro atoms. The molecule has 20 heavy (non-hydrogen) atoms. The quantitative estimate of drug-likeness (QED) is 0.587. The Hall–Kier alpha value is -2.76. The summed E-state index contributed by atoms with van der Waals surface area (Å²) in [6, 6.07) is 8.24. The molecule has 104 valence electrons. The van der Waals surface area contributed by atoms with Crippen LogP contribution in [0.3, 0.4) is 0 Å². The zero-order valence-electron chi connectivity index (χ0n) is 11.2. The molecule has 0 radical (unpaired) electrons. The molecule has 0 unspecified atom stereocenters. The van der Waals surface area contributed by atoms with Gasteiger partial charge in [0, 0.05) is 17.8 Å². The van der Waals surface area contributed by atoms with Gasteiger partial charge in [-0.1, -0.05) is 0 Å². The Kier molecular flexibility index (Phi) is 4.05. The molecule has 2 rings (SSSR count). The second-order valence-electron chi connectivity index (χ2n) is 4.11. The normalized spacial score (nSPS) is 11.2. The molecule has 6 heteroatoms. The van der Waals surface area contributed by atoms with E-state index in [4.69, 9.17) is 4.74 Å². The van der Waals surface area contributed by atoms with Gasteiger partial charge >= 0.3 is 0 Å². The van der Waals surface area contributed by atoms with Gasteiger partial charge in [0.15, 0.2) is 0 Å². The molecule has 3 N–H and O–H groups in total. The Balaban J connectivity index is 2.12. The second-order valence-corrected chi connectivity index (χ2v) is 4.11. The highest BCUT2D eigenvalue weighted by molar-refractivity contribution is 6.02. The largest absolute Gasteiger partial charge is 0.507 e. The monoisotopic (exact) mass is 273 g/mol. The van der Waals surface area contributed by atoms with Gasteiger partial charge in [0.25, 0.3) is 5.91 Å². The number of aromatic nitrogens is 1. The van der Waals surface area contributed by atoms with Crippen molar-refractivity contribution < 1.29 is 14.6 Å². The van der Waals surface area contributed by atoms with Crippen molar-refractivity contribution in [3.05, 3.63) is 47.8 Å². The fourth-order valence-electron chi connectivity index (χ4n) is 1.67. The van der Waals surface area contributed by atoms with Crippen LogP contribution in [-0.4, -0.2) is 28.8 Å². The number of methoxy groups -OCH3 is 1. The summed E-state index contributed by atoms with van der Waals surface area (Å²) in [6.07, 6.45) is 1.65. The van der Waals surface area contributed by atoms with Crippen LogP contribution in [0.5, 0.6) is 11.5 Å². The van der Waals surface area contributed by atoms with Crippen molar-refractivity contribution in [1.82, 2.24) is 10.4 Å². The van der Waals surface area contributed by atoms with E-state index in [2.05, 4.69) is 15.5 Å². The molecule has 0 fully saturated rings. The minimum atomic E-state index is -0.345. The van der Waals surface area contributed by atoms with Crippen LogP contribution in [0.2, 0.25) is 0 Å². The van der Waals surface area contributed by atoms with Gasteiger partial charge in [-0.2, -0.15) is 5.10 Å². The summed E-state index contributed by atoms with van der Waals surface area (Å²) in [5.41, 5.74) is 3.85. The first-order chi connectivity index (χ1) is 9.61. The Morgan fingerprint density at radius 1 is 1.40 bits per heavy atom. The number of carbonyl (C=O) groups is 1. The minimum absolute atomic E-state index is 0.0414. The maximum atomic E-state index is 11.7. The number of hydrogen-bond donors (Lipinski definition) is 3. The van der Waals surface area contributed by atoms with E-state index in [1.54, 1.807) is 37.4 Å². The first-order valence-electron chi connectivity index (χ1n) is 5.97. The number of ether oxygens (including phenoxy) is 1. The third kappa shape index (κ3) is 2.97. The molecular weight excluding hydrogens is 258 g/mol. The second kappa shape index (κ2) is 5.92. The molecule has 0 aliphatic carbocycles. The lowest BCUT2D eigenvalue weighted by atomic mass is 10.1. The smallest absolute Gasteiger partial charge is 0.287 e. The van der Waals surface area contributed by atoms with Crippen LogP contribution in [0, 0.1) is 0 Å². The van der Waals surface area contributed by atoms with E-state index in [0.29, 0.717) is 22.7 Å². The van der Waals surface area contributed by atoms with E-state index in [-0.39, 0.29) is 11.7 Å². The summed E-state index contributed by atoms with van der Waals surface area (Å²) >= 11 is 0. The van der Waals surface area contributed by atoms with E-state index >= 15 is 0 Å². The molecule has 0 saturated carbocycles. The van der Waals surface area contributed by atoms with E-state index in [0.717, 1.165) is 0 Å². The molecule has 1 aromatic heterocycles. The third-order valence-corrected chi connectivity index (χ3v) is 2.76. The van der Waals surface area contributed by atoms with Gasteiger partial charge in [0.1, 0.15) is 17.2 Å². The van der Waals surface area contributed by atoms with Crippen LogP contribution in [-0.2, 0) is 0 Å². The number of nitrogens with zero attached hydrogens (tertiary/aromatic N) is 1. The van der Waals surface area contributed by atoms with Gasteiger partial charge in [-0.3, -0.25) is 4.79 Å². The van der Waals surface area contributed by atoms with Gasteiger partial charge in [-0.05, 0) is 31.2 Å². The number of hydrogen-bond acceptors (Lipinski definition) is 4. The molecule has 1 aromatic carbocycles. The highest BCUT2D eigenvalue weighted by atomic mass is 16.5. The van der Waals surface area contributed by atoms with Crippen molar-refractivity contribution in [3.8, 4) is 11.5 Å². The molecule has 0 aliphatic heterocycles. The number of nitrogens with one attached hydrogen (secondary N) is 2. The molecule has 0 atom stereocenters. The summed E-state index contributed by atoms with van der Waals surface area (Å²) < 4.78 is 5.00. The standard InChI is InChI=1S/C14H15N3O3/c1-9(11-6-5-10(20-2)8-13(11)18)16-17-14(19)12-4-3-7-15-12/h3-8,15,18H,1-2H3,(H,17,19)/b16-9+. The number of rotatable bonds is 4. The average Bonchev–Trinajstić information content (AvgIpc) is 2.98. The highest BCUT2D eigenvalue weighted by Gasteiger charge is 2.08.